The van der Waals surface area contributed by atoms with Gasteiger partial charge in [0.2, 0.25) is 0 Å². The zero-order chi connectivity index (χ0) is 10.6. The zero-order valence-corrected chi connectivity index (χ0v) is 7.28. The van der Waals surface area contributed by atoms with Crippen LogP contribution in [-0.4, -0.2) is 12.6 Å². The van der Waals surface area contributed by atoms with Gasteiger partial charge in [-0.05, 0) is 12.1 Å². The van der Waals surface area contributed by atoms with E-state index in [2.05, 4.69) is 11.8 Å². The molecule has 0 N–H and O–H groups in total. The van der Waals surface area contributed by atoms with E-state index < -0.39 is 0 Å². The average Bonchev–Trinajstić information content (AvgIpc) is 2.26. The summed E-state index contributed by atoms with van der Waals surface area (Å²) in [5, 5.41) is 0. The third-order valence-corrected chi connectivity index (χ3v) is 1.79. The molecule has 0 spiro atoms. The maximum absolute atomic E-state index is 10.6. The Labute approximate surface area is 81.9 Å². The van der Waals surface area contributed by atoms with Gasteiger partial charge >= 0.3 is 0 Å². The molecule has 0 saturated carbocycles. The van der Waals surface area contributed by atoms with Crippen molar-refractivity contribution in [3.05, 3.63) is 34.4 Å². The lowest BCUT2D eigenvalue weighted by Gasteiger charge is -2.01. The fourth-order valence-electron chi connectivity index (χ4n) is 1.08. The summed E-state index contributed by atoms with van der Waals surface area (Å²) >= 11 is 0. The SMILES string of the molecule is C#Cc1cc(C#C)c(C=O)cc1C=O. The molecule has 0 radical (unpaired) electrons. The first-order chi connectivity index (χ1) is 6.76. The van der Waals surface area contributed by atoms with Crippen LogP contribution in [0.3, 0.4) is 0 Å². The van der Waals surface area contributed by atoms with Crippen molar-refractivity contribution in [3.8, 4) is 24.7 Å². The Balaban J connectivity index is 3.54. The molecule has 0 aliphatic heterocycles. The van der Waals surface area contributed by atoms with Crippen LogP contribution in [-0.2, 0) is 0 Å². The second-order valence-corrected chi connectivity index (χ2v) is 2.55. The molecule has 0 aromatic heterocycles. The first kappa shape index (κ1) is 9.77. The second-order valence-electron chi connectivity index (χ2n) is 2.55. The highest BCUT2D eigenvalue weighted by Gasteiger charge is 2.05. The molecular weight excluding hydrogens is 176 g/mol. The number of carbonyl (C=O) groups excluding carboxylic acids is 2. The second kappa shape index (κ2) is 4.07. The van der Waals surface area contributed by atoms with Crippen molar-refractivity contribution in [1.29, 1.82) is 0 Å². The summed E-state index contributed by atoms with van der Waals surface area (Å²) in [6, 6.07) is 2.87. The quantitative estimate of drug-likeness (QED) is 0.510. The zero-order valence-electron chi connectivity index (χ0n) is 7.28. The molecule has 2 heteroatoms. The molecule has 14 heavy (non-hydrogen) atoms. The van der Waals surface area contributed by atoms with Crippen molar-refractivity contribution in [2.45, 2.75) is 0 Å². The van der Waals surface area contributed by atoms with Crippen LogP contribution in [0, 0.1) is 24.7 Å². The fraction of sp³-hybridized carbons (Fsp3) is 0. The van der Waals surface area contributed by atoms with Gasteiger partial charge in [0, 0.05) is 22.3 Å². The highest BCUT2D eigenvalue weighted by molar-refractivity contribution is 5.87. The Hall–Kier alpha value is -2.32. The van der Waals surface area contributed by atoms with E-state index in [0.717, 1.165) is 0 Å². The van der Waals surface area contributed by atoms with Gasteiger partial charge in [0.1, 0.15) is 0 Å². The van der Waals surface area contributed by atoms with Gasteiger partial charge in [-0.2, -0.15) is 0 Å². The summed E-state index contributed by atoms with van der Waals surface area (Å²) in [6.45, 7) is 0. The highest BCUT2D eigenvalue weighted by atomic mass is 16.1. The van der Waals surface area contributed by atoms with E-state index in [-0.39, 0.29) is 0 Å². The van der Waals surface area contributed by atoms with Gasteiger partial charge in [-0.15, -0.1) is 12.8 Å². The summed E-state index contributed by atoms with van der Waals surface area (Å²) in [5.41, 5.74) is 1.40. The summed E-state index contributed by atoms with van der Waals surface area (Å²) in [4.78, 5) is 21.2. The molecule has 0 atom stereocenters. The lowest BCUT2D eigenvalue weighted by atomic mass is 10.0. The van der Waals surface area contributed by atoms with Crippen molar-refractivity contribution in [3.63, 3.8) is 0 Å². The summed E-state index contributed by atoms with van der Waals surface area (Å²) < 4.78 is 0. The van der Waals surface area contributed by atoms with Gasteiger partial charge in [0.25, 0.3) is 0 Å². The lowest BCUT2D eigenvalue weighted by molar-refractivity contribution is 0.112. The van der Waals surface area contributed by atoms with E-state index in [0.29, 0.717) is 34.8 Å². The van der Waals surface area contributed by atoms with Gasteiger partial charge in [-0.3, -0.25) is 9.59 Å². The van der Waals surface area contributed by atoms with Gasteiger partial charge in [0.15, 0.2) is 12.6 Å². The number of terminal acetylenes is 2. The Morgan fingerprint density at radius 3 is 1.64 bits per heavy atom. The third-order valence-electron chi connectivity index (χ3n) is 1.79. The summed E-state index contributed by atoms with van der Waals surface area (Å²) in [6.07, 6.45) is 11.6. The predicted octanol–water partition coefficient (Wildman–Crippen LogP) is 1.27. The third kappa shape index (κ3) is 1.55. The van der Waals surface area contributed by atoms with Gasteiger partial charge in [-0.1, -0.05) is 11.8 Å². The Morgan fingerprint density at radius 2 is 1.36 bits per heavy atom. The minimum atomic E-state index is 0.300. The summed E-state index contributed by atoms with van der Waals surface area (Å²) in [7, 11) is 0. The van der Waals surface area contributed by atoms with Crippen LogP contribution >= 0.6 is 0 Å². The number of rotatable bonds is 2. The highest BCUT2D eigenvalue weighted by Crippen LogP contribution is 2.13. The normalized spacial score (nSPS) is 8.43. The largest absolute Gasteiger partial charge is 0.298 e. The van der Waals surface area contributed by atoms with E-state index >= 15 is 0 Å². The van der Waals surface area contributed by atoms with Crippen LogP contribution < -0.4 is 0 Å². The molecule has 1 aromatic carbocycles. The molecule has 1 rings (SSSR count). The van der Waals surface area contributed by atoms with Crippen molar-refractivity contribution in [2.24, 2.45) is 0 Å². The molecule has 0 saturated heterocycles. The number of hydrogen-bond donors (Lipinski definition) is 0. The van der Waals surface area contributed by atoms with Crippen molar-refractivity contribution in [1.82, 2.24) is 0 Å². The number of carbonyl (C=O) groups is 2. The van der Waals surface area contributed by atoms with E-state index in [4.69, 9.17) is 12.8 Å². The molecule has 0 aliphatic carbocycles. The van der Waals surface area contributed by atoms with Gasteiger partial charge in [-0.25, -0.2) is 0 Å². The Bertz CT molecular complexity index is 429. The molecular formula is C12H6O2. The molecule has 0 aliphatic rings. The molecule has 1 aromatic rings. The molecule has 0 fully saturated rings. The number of benzene rings is 1. The van der Waals surface area contributed by atoms with E-state index in [1.807, 2.05) is 0 Å². The van der Waals surface area contributed by atoms with Crippen LogP contribution in [0.2, 0.25) is 0 Å². The maximum Gasteiger partial charge on any atom is 0.151 e. The molecule has 2 nitrogen and oxygen atoms in total. The van der Waals surface area contributed by atoms with Crippen LogP contribution in [0.1, 0.15) is 31.8 Å². The molecule has 0 amide bonds. The van der Waals surface area contributed by atoms with Crippen LogP contribution in [0.5, 0.6) is 0 Å². The van der Waals surface area contributed by atoms with E-state index in [1.54, 1.807) is 0 Å². The number of aldehydes is 2. The molecule has 0 bridgehead atoms. The monoisotopic (exact) mass is 182 g/mol. The Morgan fingerprint density at radius 1 is 0.929 bits per heavy atom. The van der Waals surface area contributed by atoms with Crippen molar-refractivity contribution >= 4 is 12.6 Å². The van der Waals surface area contributed by atoms with Crippen LogP contribution in [0.15, 0.2) is 12.1 Å². The smallest absolute Gasteiger partial charge is 0.151 e. The van der Waals surface area contributed by atoms with Crippen LogP contribution in [0.4, 0.5) is 0 Å². The van der Waals surface area contributed by atoms with Gasteiger partial charge in [0.05, 0.1) is 0 Å². The first-order valence-corrected chi connectivity index (χ1v) is 3.78. The molecule has 0 heterocycles. The minimum Gasteiger partial charge on any atom is -0.298 e. The van der Waals surface area contributed by atoms with Crippen molar-refractivity contribution < 1.29 is 9.59 Å². The lowest BCUT2D eigenvalue weighted by Crippen LogP contribution is -1.95. The van der Waals surface area contributed by atoms with E-state index in [1.165, 1.54) is 12.1 Å². The summed E-state index contributed by atoms with van der Waals surface area (Å²) in [5.74, 6) is 4.66. The Kier molecular flexibility index (Phi) is 2.84. The number of hydrogen-bond acceptors (Lipinski definition) is 2. The topological polar surface area (TPSA) is 34.1 Å². The average molecular weight is 182 g/mol. The van der Waals surface area contributed by atoms with Crippen LogP contribution in [0.25, 0.3) is 0 Å². The van der Waals surface area contributed by atoms with E-state index in [9.17, 15) is 9.59 Å². The maximum atomic E-state index is 10.6. The molecule has 66 valence electrons. The van der Waals surface area contributed by atoms with Crippen molar-refractivity contribution in [2.75, 3.05) is 0 Å². The first-order valence-electron chi connectivity index (χ1n) is 3.78. The van der Waals surface area contributed by atoms with Gasteiger partial charge < -0.3 is 0 Å². The molecule has 0 unspecified atom stereocenters. The fourth-order valence-corrected chi connectivity index (χ4v) is 1.08. The predicted molar refractivity (Wildman–Crippen MR) is 53.1 cm³/mol. The minimum absolute atomic E-state index is 0.300. The standard InChI is InChI=1S/C12H6O2/c1-3-9-5-10(4-2)12(8-14)6-11(9)7-13/h1-2,5-8H.